The van der Waals surface area contributed by atoms with Gasteiger partial charge in [0, 0.05) is 17.8 Å². The lowest BCUT2D eigenvalue weighted by Gasteiger charge is -2.18. The number of benzene rings is 1. The standard InChI is InChI=1S/C16H14ClN5OS/c1-21(10-4-2-9(17)3-5-10)13-7-6-11-15(20-13)24-16(19-11)22-8-12(22)14(18)23/h2-7,12H,8H2,1H3,(H2,18,23). The smallest absolute Gasteiger partial charge is 0.242 e. The summed E-state index contributed by atoms with van der Waals surface area (Å²) < 4.78 is 0. The lowest BCUT2D eigenvalue weighted by Crippen LogP contribution is -2.21. The van der Waals surface area contributed by atoms with Gasteiger partial charge in [-0.1, -0.05) is 22.9 Å². The van der Waals surface area contributed by atoms with Crippen LogP contribution in [-0.2, 0) is 4.79 Å². The van der Waals surface area contributed by atoms with Gasteiger partial charge in [0.1, 0.15) is 22.2 Å². The summed E-state index contributed by atoms with van der Waals surface area (Å²) in [4.78, 5) is 25.1. The topological polar surface area (TPSA) is 75.1 Å². The lowest BCUT2D eigenvalue weighted by atomic mass is 10.3. The van der Waals surface area contributed by atoms with Gasteiger partial charge in [0.25, 0.3) is 0 Å². The minimum Gasteiger partial charge on any atom is -0.368 e. The van der Waals surface area contributed by atoms with E-state index in [0.29, 0.717) is 11.6 Å². The van der Waals surface area contributed by atoms with Crippen molar-refractivity contribution in [2.75, 3.05) is 23.4 Å². The van der Waals surface area contributed by atoms with Crippen molar-refractivity contribution in [1.82, 2.24) is 9.97 Å². The molecule has 1 aromatic carbocycles. The Kier molecular flexibility index (Phi) is 3.54. The van der Waals surface area contributed by atoms with Crippen molar-refractivity contribution in [1.29, 1.82) is 0 Å². The van der Waals surface area contributed by atoms with Gasteiger partial charge in [-0.2, -0.15) is 0 Å². The Labute approximate surface area is 147 Å². The van der Waals surface area contributed by atoms with E-state index >= 15 is 0 Å². The number of anilines is 3. The van der Waals surface area contributed by atoms with Gasteiger partial charge in [-0.05, 0) is 36.4 Å². The number of amides is 1. The number of carbonyl (C=O) groups is 1. The molecule has 122 valence electrons. The number of primary amides is 1. The Balaban J connectivity index is 1.63. The first kappa shape index (κ1) is 15.2. The highest BCUT2D eigenvalue weighted by molar-refractivity contribution is 7.21. The zero-order valence-electron chi connectivity index (χ0n) is 12.8. The zero-order valence-corrected chi connectivity index (χ0v) is 14.4. The number of hydrogen-bond donors (Lipinski definition) is 1. The summed E-state index contributed by atoms with van der Waals surface area (Å²) in [5.41, 5.74) is 7.14. The average molecular weight is 360 g/mol. The number of rotatable bonds is 4. The van der Waals surface area contributed by atoms with E-state index in [9.17, 15) is 4.79 Å². The molecule has 1 amide bonds. The van der Waals surface area contributed by atoms with E-state index in [4.69, 9.17) is 17.3 Å². The minimum atomic E-state index is -0.314. The summed E-state index contributed by atoms with van der Waals surface area (Å²) in [5, 5.41) is 1.48. The highest BCUT2D eigenvalue weighted by atomic mass is 35.5. The van der Waals surface area contributed by atoms with Gasteiger partial charge in [-0.25, -0.2) is 9.97 Å². The summed E-state index contributed by atoms with van der Waals surface area (Å²) in [7, 11) is 1.95. The van der Waals surface area contributed by atoms with Gasteiger partial charge in [0.05, 0.1) is 6.54 Å². The number of carbonyl (C=O) groups excluding carboxylic acids is 1. The van der Waals surface area contributed by atoms with Gasteiger partial charge in [-0.3, -0.25) is 4.79 Å². The van der Waals surface area contributed by atoms with E-state index in [1.54, 1.807) is 0 Å². The van der Waals surface area contributed by atoms with E-state index in [-0.39, 0.29) is 11.9 Å². The van der Waals surface area contributed by atoms with Crippen molar-refractivity contribution in [3.8, 4) is 0 Å². The van der Waals surface area contributed by atoms with E-state index in [1.807, 2.05) is 53.2 Å². The van der Waals surface area contributed by atoms with Crippen molar-refractivity contribution in [3.63, 3.8) is 0 Å². The van der Waals surface area contributed by atoms with E-state index in [1.165, 1.54) is 11.3 Å². The summed E-state index contributed by atoms with van der Waals surface area (Å²) in [6.45, 7) is 0.632. The molecule has 1 aliphatic rings. The monoisotopic (exact) mass is 359 g/mol. The molecule has 4 rings (SSSR count). The number of thiazole rings is 1. The highest BCUT2D eigenvalue weighted by Gasteiger charge is 2.41. The number of fused-ring (bicyclic) bond motifs is 1. The third-order valence-corrected chi connectivity index (χ3v) is 5.23. The molecule has 1 atom stereocenters. The Morgan fingerprint density at radius 3 is 2.71 bits per heavy atom. The van der Waals surface area contributed by atoms with Crippen LogP contribution in [0.1, 0.15) is 0 Å². The van der Waals surface area contributed by atoms with Gasteiger partial charge in [0.15, 0.2) is 5.13 Å². The molecule has 0 bridgehead atoms. The number of nitrogens with two attached hydrogens (primary N) is 1. The minimum absolute atomic E-state index is 0.234. The molecule has 8 heteroatoms. The lowest BCUT2D eigenvalue weighted by molar-refractivity contribution is -0.117. The number of nitrogens with zero attached hydrogens (tertiary/aromatic N) is 4. The highest BCUT2D eigenvalue weighted by Crippen LogP contribution is 2.35. The van der Waals surface area contributed by atoms with Crippen LogP contribution in [0.25, 0.3) is 10.3 Å². The first-order chi connectivity index (χ1) is 11.5. The maximum Gasteiger partial charge on any atom is 0.242 e. The molecule has 2 aromatic heterocycles. The number of pyridine rings is 1. The van der Waals surface area contributed by atoms with E-state index < -0.39 is 0 Å². The molecule has 0 saturated carbocycles. The Morgan fingerprint density at radius 1 is 1.29 bits per heavy atom. The van der Waals surface area contributed by atoms with Crippen molar-refractivity contribution in [3.05, 3.63) is 41.4 Å². The number of hydrogen-bond acceptors (Lipinski definition) is 6. The quantitative estimate of drug-likeness (QED) is 0.725. The van der Waals surface area contributed by atoms with Crippen LogP contribution in [0.4, 0.5) is 16.6 Å². The second kappa shape index (κ2) is 5.61. The Hall–Kier alpha value is -2.38. The molecule has 3 aromatic rings. The molecule has 3 heterocycles. The summed E-state index contributed by atoms with van der Waals surface area (Å²) in [6, 6.07) is 11.2. The molecular formula is C16H14ClN5OS. The fourth-order valence-electron chi connectivity index (χ4n) is 2.50. The zero-order chi connectivity index (χ0) is 16.8. The number of aromatic nitrogens is 2. The summed E-state index contributed by atoms with van der Waals surface area (Å²) in [5.74, 6) is 0.502. The molecule has 1 unspecified atom stereocenters. The van der Waals surface area contributed by atoms with Gasteiger partial charge >= 0.3 is 0 Å². The van der Waals surface area contributed by atoms with Gasteiger partial charge in [-0.15, -0.1) is 0 Å². The molecule has 0 spiro atoms. The predicted molar refractivity (Wildman–Crippen MR) is 97.3 cm³/mol. The third kappa shape index (κ3) is 2.65. The Bertz CT molecular complexity index is 926. The summed E-state index contributed by atoms with van der Waals surface area (Å²) >= 11 is 7.40. The van der Waals surface area contributed by atoms with Crippen LogP contribution in [0.15, 0.2) is 36.4 Å². The van der Waals surface area contributed by atoms with Crippen LogP contribution < -0.4 is 15.5 Å². The predicted octanol–water partition coefficient (Wildman–Crippen LogP) is 2.79. The fourth-order valence-corrected chi connectivity index (χ4v) is 3.62. The molecule has 0 aliphatic carbocycles. The van der Waals surface area contributed by atoms with Crippen molar-refractivity contribution < 1.29 is 4.79 Å². The SMILES string of the molecule is CN(c1ccc(Cl)cc1)c1ccc2nc(N3CC3C(N)=O)sc2n1. The molecule has 6 nitrogen and oxygen atoms in total. The number of halogens is 1. The maximum atomic E-state index is 11.2. The van der Waals surface area contributed by atoms with Gasteiger partial charge < -0.3 is 15.5 Å². The first-order valence-corrected chi connectivity index (χ1v) is 8.55. The molecule has 1 saturated heterocycles. The largest absolute Gasteiger partial charge is 0.368 e. The van der Waals surface area contributed by atoms with Crippen molar-refractivity contribution in [2.45, 2.75) is 6.04 Å². The second-order valence-electron chi connectivity index (χ2n) is 5.60. The normalized spacial score (nSPS) is 16.4. The molecule has 1 aliphatic heterocycles. The molecule has 1 fully saturated rings. The average Bonchev–Trinajstić information content (AvgIpc) is 3.27. The van der Waals surface area contributed by atoms with Crippen LogP contribution in [0.3, 0.4) is 0 Å². The maximum absolute atomic E-state index is 11.2. The van der Waals surface area contributed by atoms with Gasteiger partial charge in [0.2, 0.25) is 5.91 Å². The first-order valence-electron chi connectivity index (χ1n) is 7.36. The van der Waals surface area contributed by atoms with Crippen LogP contribution in [-0.4, -0.2) is 35.5 Å². The van der Waals surface area contributed by atoms with E-state index in [0.717, 1.165) is 27.0 Å². The molecular weight excluding hydrogens is 346 g/mol. The molecule has 2 N–H and O–H groups in total. The molecule has 0 radical (unpaired) electrons. The van der Waals surface area contributed by atoms with Crippen molar-refractivity contribution in [2.24, 2.45) is 5.73 Å². The van der Waals surface area contributed by atoms with Crippen LogP contribution in [0.5, 0.6) is 0 Å². The fraction of sp³-hybridized carbons (Fsp3) is 0.188. The Morgan fingerprint density at radius 2 is 2.04 bits per heavy atom. The third-order valence-electron chi connectivity index (χ3n) is 3.97. The van der Waals surface area contributed by atoms with Crippen LogP contribution in [0.2, 0.25) is 5.02 Å². The van der Waals surface area contributed by atoms with Crippen LogP contribution in [0, 0.1) is 0 Å². The second-order valence-corrected chi connectivity index (χ2v) is 6.99. The van der Waals surface area contributed by atoms with E-state index in [2.05, 4.69) is 9.97 Å². The van der Waals surface area contributed by atoms with Crippen LogP contribution >= 0.6 is 22.9 Å². The van der Waals surface area contributed by atoms with Crippen molar-refractivity contribution >= 4 is 55.8 Å². The molecule has 24 heavy (non-hydrogen) atoms. The summed E-state index contributed by atoms with van der Waals surface area (Å²) in [6.07, 6.45) is 0.